The average molecular weight is 291 g/mol. The van der Waals surface area contributed by atoms with Crippen molar-refractivity contribution in [3.8, 4) is 5.75 Å². The van der Waals surface area contributed by atoms with Crippen LogP contribution in [0.1, 0.15) is 51.0 Å². The van der Waals surface area contributed by atoms with Crippen molar-refractivity contribution in [2.45, 2.75) is 57.6 Å². The van der Waals surface area contributed by atoms with E-state index in [0.29, 0.717) is 13.2 Å². The van der Waals surface area contributed by atoms with Crippen LogP contribution in [0.3, 0.4) is 0 Å². The molecule has 1 saturated carbocycles. The van der Waals surface area contributed by atoms with Gasteiger partial charge in [-0.3, -0.25) is 4.79 Å². The number of aliphatic hydroxyl groups is 1. The Morgan fingerprint density at radius 1 is 1.33 bits per heavy atom. The molecule has 0 aliphatic heterocycles. The molecule has 0 unspecified atom stereocenters. The molecule has 116 valence electrons. The number of hydrogen-bond donors (Lipinski definition) is 2. The third kappa shape index (κ3) is 5.05. The van der Waals surface area contributed by atoms with Gasteiger partial charge in [0, 0.05) is 6.54 Å². The predicted octanol–water partition coefficient (Wildman–Crippen LogP) is 2.79. The lowest BCUT2D eigenvalue weighted by Crippen LogP contribution is -2.38. The van der Waals surface area contributed by atoms with E-state index in [2.05, 4.69) is 5.32 Å². The van der Waals surface area contributed by atoms with Crippen molar-refractivity contribution in [1.82, 2.24) is 5.32 Å². The molecule has 0 bridgehead atoms. The van der Waals surface area contributed by atoms with Crippen LogP contribution < -0.4 is 10.1 Å². The van der Waals surface area contributed by atoms with Crippen LogP contribution in [-0.2, 0) is 11.3 Å². The van der Waals surface area contributed by atoms with Crippen LogP contribution in [0.5, 0.6) is 5.75 Å². The lowest BCUT2D eigenvalue weighted by Gasteiger charge is -2.31. The summed E-state index contributed by atoms with van der Waals surface area (Å²) in [5.74, 6) is 0.733. The van der Waals surface area contributed by atoms with Gasteiger partial charge in [-0.15, -0.1) is 0 Å². The van der Waals surface area contributed by atoms with Crippen molar-refractivity contribution < 1.29 is 14.6 Å². The smallest absolute Gasteiger partial charge is 0.223 e. The summed E-state index contributed by atoms with van der Waals surface area (Å²) in [5.41, 5.74) is 0.208. The average Bonchev–Trinajstić information content (AvgIpc) is 2.46. The van der Waals surface area contributed by atoms with E-state index < -0.39 is 5.60 Å². The van der Waals surface area contributed by atoms with E-state index in [1.54, 1.807) is 0 Å². The largest absolute Gasteiger partial charge is 0.494 e. The van der Waals surface area contributed by atoms with Gasteiger partial charge in [-0.2, -0.15) is 0 Å². The Balaban J connectivity index is 1.82. The number of amides is 1. The maximum atomic E-state index is 12.0. The van der Waals surface area contributed by atoms with Gasteiger partial charge in [0.1, 0.15) is 5.75 Å². The van der Waals surface area contributed by atoms with Crippen LogP contribution in [0.25, 0.3) is 0 Å². The summed E-state index contributed by atoms with van der Waals surface area (Å²) in [4.78, 5) is 12.0. The number of rotatable bonds is 6. The summed E-state index contributed by atoms with van der Waals surface area (Å²) in [6, 6.07) is 7.71. The van der Waals surface area contributed by atoms with Crippen LogP contribution in [-0.4, -0.2) is 23.2 Å². The van der Waals surface area contributed by atoms with Crippen molar-refractivity contribution in [2.24, 2.45) is 0 Å². The normalized spacial score (nSPS) is 17.2. The Kier molecular flexibility index (Phi) is 5.62. The van der Waals surface area contributed by atoms with Crippen molar-refractivity contribution >= 4 is 5.91 Å². The van der Waals surface area contributed by atoms with Gasteiger partial charge in [-0.25, -0.2) is 0 Å². The lowest BCUT2D eigenvalue weighted by molar-refractivity contribution is -0.127. The van der Waals surface area contributed by atoms with Crippen LogP contribution >= 0.6 is 0 Å². The molecule has 2 N–H and O–H groups in total. The second-order valence-corrected chi connectivity index (χ2v) is 5.82. The van der Waals surface area contributed by atoms with Crippen molar-refractivity contribution in [2.75, 3.05) is 6.61 Å². The molecule has 1 aromatic rings. The van der Waals surface area contributed by atoms with E-state index in [1.165, 1.54) is 0 Å². The highest BCUT2D eigenvalue weighted by Crippen LogP contribution is 2.30. The molecule has 4 nitrogen and oxygen atoms in total. The van der Waals surface area contributed by atoms with Crippen molar-refractivity contribution in [3.63, 3.8) is 0 Å². The Bertz CT molecular complexity index is 467. The highest BCUT2D eigenvalue weighted by atomic mass is 16.5. The fraction of sp³-hybridized carbons (Fsp3) is 0.588. The van der Waals surface area contributed by atoms with Gasteiger partial charge in [0.2, 0.25) is 5.91 Å². The van der Waals surface area contributed by atoms with E-state index in [0.717, 1.165) is 43.4 Å². The molecule has 0 spiro atoms. The fourth-order valence-electron chi connectivity index (χ4n) is 2.86. The first-order valence-electron chi connectivity index (χ1n) is 7.82. The molecule has 0 radical (unpaired) electrons. The highest BCUT2D eigenvalue weighted by molar-refractivity contribution is 5.77. The molecule has 0 heterocycles. The van der Waals surface area contributed by atoms with Gasteiger partial charge >= 0.3 is 0 Å². The minimum atomic E-state index is -0.796. The summed E-state index contributed by atoms with van der Waals surface area (Å²) in [6.07, 6.45) is 4.87. The fourth-order valence-corrected chi connectivity index (χ4v) is 2.86. The molecular formula is C17H25NO3. The van der Waals surface area contributed by atoms with Gasteiger partial charge in [-0.05, 0) is 37.5 Å². The molecule has 1 fully saturated rings. The zero-order chi connectivity index (χ0) is 15.1. The Morgan fingerprint density at radius 3 is 2.81 bits per heavy atom. The number of carbonyl (C=O) groups is 1. The molecule has 1 aliphatic carbocycles. The first kappa shape index (κ1) is 15.8. The summed E-state index contributed by atoms with van der Waals surface area (Å²) in [5, 5.41) is 13.3. The van der Waals surface area contributed by atoms with Gasteiger partial charge in [0.15, 0.2) is 0 Å². The monoisotopic (exact) mass is 291 g/mol. The minimum absolute atomic E-state index is 0.0822. The Hall–Kier alpha value is -1.55. The molecule has 1 amide bonds. The summed E-state index contributed by atoms with van der Waals surface area (Å²) < 4.78 is 5.44. The molecule has 0 aromatic heterocycles. The van der Waals surface area contributed by atoms with Crippen LogP contribution in [0.2, 0.25) is 0 Å². The molecule has 1 aromatic carbocycles. The molecule has 0 saturated heterocycles. The molecule has 2 rings (SSSR count). The maximum Gasteiger partial charge on any atom is 0.223 e. The number of nitrogens with one attached hydrogen (secondary N) is 1. The number of carbonyl (C=O) groups excluding carboxylic acids is 1. The Labute approximate surface area is 126 Å². The second-order valence-electron chi connectivity index (χ2n) is 5.82. The topological polar surface area (TPSA) is 58.6 Å². The first-order chi connectivity index (χ1) is 10.1. The molecule has 0 atom stereocenters. The third-order valence-corrected chi connectivity index (χ3v) is 3.97. The lowest BCUT2D eigenvalue weighted by atomic mass is 9.82. The van der Waals surface area contributed by atoms with Gasteiger partial charge in [0.25, 0.3) is 0 Å². The van der Waals surface area contributed by atoms with E-state index in [4.69, 9.17) is 4.74 Å². The van der Waals surface area contributed by atoms with E-state index in [9.17, 15) is 9.90 Å². The molecule has 1 aliphatic rings. The van der Waals surface area contributed by atoms with E-state index >= 15 is 0 Å². The summed E-state index contributed by atoms with van der Waals surface area (Å²) >= 11 is 0. The zero-order valence-electron chi connectivity index (χ0n) is 12.7. The molecular weight excluding hydrogens is 266 g/mol. The summed E-state index contributed by atoms with van der Waals surface area (Å²) in [6.45, 7) is 3.04. The number of ether oxygens (including phenoxy) is 1. The highest BCUT2D eigenvalue weighted by Gasteiger charge is 2.31. The third-order valence-electron chi connectivity index (χ3n) is 3.97. The maximum absolute atomic E-state index is 12.0. The van der Waals surface area contributed by atoms with Crippen molar-refractivity contribution in [1.29, 1.82) is 0 Å². The summed E-state index contributed by atoms with van der Waals surface area (Å²) in [7, 11) is 0. The molecule has 4 heteroatoms. The van der Waals surface area contributed by atoms with Crippen molar-refractivity contribution in [3.05, 3.63) is 29.8 Å². The SMILES string of the molecule is CCOc1cccc(CNC(=O)CC2(O)CCCCC2)c1. The number of hydrogen-bond acceptors (Lipinski definition) is 3. The van der Waals surface area contributed by atoms with Gasteiger partial charge in [0.05, 0.1) is 18.6 Å². The van der Waals surface area contributed by atoms with Gasteiger partial charge in [-0.1, -0.05) is 31.4 Å². The van der Waals surface area contributed by atoms with Crippen LogP contribution in [0.4, 0.5) is 0 Å². The quantitative estimate of drug-likeness (QED) is 0.847. The predicted molar refractivity (Wildman–Crippen MR) is 82.1 cm³/mol. The minimum Gasteiger partial charge on any atom is -0.494 e. The van der Waals surface area contributed by atoms with Crippen LogP contribution in [0, 0.1) is 0 Å². The zero-order valence-corrected chi connectivity index (χ0v) is 12.7. The number of benzene rings is 1. The first-order valence-corrected chi connectivity index (χ1v) is 7.82. The van der Waals surface area contributed by atoms with E-state index in [-0.39, 0.29) is 12.3 Å². The Morgan fingerprint density at radius 2 is 2.10 bits per heavy atom. The second kappa shape index (κ2) is 7.46. The molecule has 21 heavy (non-hydrogen) atoms. The standard InChI is InChI=1S/C17H25NO3/c1-2-21-15-8-6-7-14(11-15)13-18-16(19)12-17(20)9-4-3-5-10-17/h6-8,11,20H,2-5,9-10,12-13H2,1H3,(H,18,19). The van der Waals surface area contributed by atoms with Crippen LogP contribution in [0.15, 0.2) is 24.3 Å². The van der Waals surface area contributed by atoms with E-state index in [1.807, 2.05) is 31.2 Å². The van der Waals surface area contributed by atoms with Gasteiger partial charge < -0.3 is 15.2 Å².